The number of hydrogen-bond donors (Lipinski definition) is 2. The molecule has 0 fully saturated rings. The number of nitrogens with one attached hydrogen (secondary N) is 1. The van der Waals surface area contributed by atoms with E-state index >= 15 is 0 Å². The van der Waals surface area contributed by atoms with E-state index in [4.69, 9.17) is 0 Å². The summed E-state index contributed by atoms with van der Waals surface area (Å²) >= 11 is 0. The highest BCUT2D eigenvalue weighted by atomic mass is 16.3. The lowest BCUT2D eigenvalue weighted by Crippen LogP contribution is -2.31. The number of aliphatic hydroxyl groups excluding tert-OH is 1. The lowest BCUT2D eigenvalue weighted by atomic mass is 9.93. The first-order chi connectivity index (χ1) is 10.0. The maximum atomic E-state index is 11.9. The molecular weight excluding hydrogens is 262 g/mol. The van der Waals surface area contributed by atoms with Crippen LogP contribution in [-0.4, -0.2) is 17.6 Å². The molecule has 3 heteroatoms. The molecular formula is C18H19NO2. The Balaban J connectivity index is 2.00. The number of aryl methyl sites for hydroxylation is 2. The van der Waals surface area contributed by atoms with Crippen molar-refractivity contribution < 1.29 is 9.90 Å². The molecule has 0 saturated heterocycles. The third kappa shape index (κ3) is 2.69. The average Bonchev–Trinajstić information content (AvgIpc) is 2.45. The number of hydrogen-bond acceptors (Lipinski definition) is 2. The Morgan fingerprint density at radius 1 is 1.05 bits per heavy atom. The fraction of sp³-hybridized carbons (Fsp3) is 0.278. The molecule has 3 rings (SSSR count). The van der Waals surface area contributed by atoms with Crippen LogP contribution in [0.1, 0.15) is 44.3 Å². The molecule has 108 valence electrons. The van der Waals surface area contributed by atoms with Crippen molar-refractivity contribution in [2.24, 2.45) is 0 Å². The molecule has 21 heavy (non-hydrogen) atoms. The van der Waals surface area contributed by atoms with E-state index in [1.807, 2.05) is 44.2 Å². The third-order valence-electron chi connectivity index (χ3n) is 3.93. The van der Waals surface area contributed by atoms with Gasteiger partial charge in [0.25, 0.3) is 5.91 Å². The quantitative estimate of drug-likeness (QED) is 0.889. The summed E-state index contributed by atoms with van der Waals surface area (Å²) in [7, 11) is 0. The summed E-state index contributed by atoms with van der Waals surface area (Å²) in [4.78, 5) is 11.9. The average molecular weight is 281 g/mol. The largest absolute Gasteiger partial charge is 0.384 e. The summed E-state index contributed by atoms with van der Waals surface area (Å²) in [6.07, 6.45) is 0.143. The van der Waals surface area contributed by atoms with E-state index in [0.29, 0.717) is 12.1 Å². The Morgan fingerprint density at radius 2 is 1.76 bits per heavy atom. The van der Waals surface area contributed by atoms with Gasteiger partial charge in [0.2, 0.25) is 0 Å². The molecule has 0 bridgehead atoms. The number of carbonyl (C=O) groups excluding carboxylic acids is 1. The van der Waals surface area contributed by atoms with E-state index in [1.54, 1.807) is 0 Å². The number of rotatable bonds is 2. The first kappa shape index (κ1) is 13.8. The van der Waals surface area contributed by atoms with Crippen molar-refractivity contribution >= 4 is 5.91 Å². The number of fused-ring (bicyclic) bond motifs is 1. The van der Waals surface area contributed by atoms with E-state index in [1.165, 1.54) is 0 Å². The van der Waals surface area contributed by atoms with Crippen LogP contribution < -0.4 is 5.32 Å². The fourth-order valence-electron chi connectivity index (χ4n) is 2.96. The zero-order valence-corrected chi connectivity index (χ0v) is 12.3. The second kappa shape index (κ2) is 5.34. The van der Waals surface area contributed by atoms with Gasteiger partial charge in [-0.25, -0.2) is 0 Å². The molecule has 1 aliphatic rings. The molecule has 1 atom stereocenters. The van der Waals surface area contributed by atoms with Gasteiger partial charge in [-0.3, -0.25) is 4.79 Å². The van der Waals surface area contributed by atoms with Crippen molar-refractivity contribution in [3.05, 3.63) is 69.8 Å². The van der Waals surface area contributed by atoms with Gasteiger partial charge in [-0.15, -0.1) is 0 Å². The minimum absolute atomic E-state index is 0.0503. The minimum atomic E-state index is -0.705. The molecule has 0 aliphatic carbocycles. The van der Waals surface area contributed by atoms with Gasteiger partial charge in [-0.1, -0.05) is 41.5 Å². The van der Waals surface area contributed by atoms with Crippen molar-refractivity contribution in [3.8, 4) is 0 Å². The molecule has 1 aliphatic heterocycles. The number of amides is 1. The van der Waals surface area contributed by atoms with Gasteiger partial charge < -0.3 is 10.4 Å². The van der Waals surface area contributed by atoms with Crippen LogP contribution in [0.3, 0.4) is 0 Å². The van der Waals surface area contributed by atoms with Crippen molar-refractivity contribution in [3.63, 3.8) is 0 Å². The summed E-state index contributed by atoms with van der Waals surface area (Å²) in [5.74, 6) is -0.0503. The van der Waals surface area contributed by atoms with Gasteiger partial charge in [0.15, 0.2) is 0 Å². The van der Waals surface area contributed by atoms with Crippen molar-refractivity contribution in [1.29, 1.82) is 0 Å². The summed E-state index contributed by atoms with van der Waals surface area (Å²) in [6.45, 7) is 4.72. The van der Waals surface area contributed by atoms with Crippen LogP contribution in [0.5, 0.6) is 0 Å². The van der Waals surface area contributed by atoms with Crippen LogP contribution in [-0.2, 0) is 6.42 Å². The van der Waals surface area contributed by atoms with Crippen molar-refractivity contribution in [2.75, 3.05) is 6.54 Å². The lowest BCUT2D eigenvalue weighted by molar-refractivity contribution is 0.0945. The molecule has 3 nitrogen and oxygen atoms in total. The second-order valence-electron chi connectivity index (χ2n) is 5.75. The van der Waals surface area contributed by atoms with Gasteiger partial charge in [0, 0.05) is 12.1 Å². The maximum Gasteiger partial charge on any atom is 0.251 e. The van der Waals surface area contributed by atoms with Crippen LogP contribution >= 0.6 is 0 Å². The second-order valence-corrected chi connectivity index (χ2v) is 5.75. The third-order valence-corrected chi connectivity index (χ3v) is 3.93. The number of aliphatic hydroxyl groups is 1. The molecule has 2 N–H and O–H groups in total. The van der Waals surface area contributed by atoms with E-state index in [2.05, 4.69) is 11.4 Å². The summed E-state index contributed by atoms with van der Waals surface area (Å²) in [5, 5.41) is 13.4. The van der Waals surface area contributed by atoms with Crippen LogP contribution in [0, 0.1) is 13.8 Å². The summed E-state index contributed by atoms with van der Waals surface area (Å²) in [5.41, 5.74) is 5.61. The molecule has 1 unspecified atom stereocenters. The first-order valence-electron chi connectivity index (χ1n) is 7.22. The maximum absolute atomic E-state index is 11.9. The highest BCUT2D eigenvalue weighted by molar-refractivity contribution is 5.96. The number of carbonyl (C=O) groups is 1. The zero-order chi connectivity index (χ0) is 15.0. The predicted molar refractivity (Wildman–Crippen MR) is 82.5 cm³/mol. The molecule has 0 aromatic heterocycles. The van der Waals surface area contributed by atoms with Gasteiger partial charge in [-0.2, -0.15) is 0 Å². The van der Waals surface area contributed by atoms with Crippen LogP contribution in [0.4, 0.5) is 0 Å². The lowest BCUT2D eigenvalue weighted by Gasteiger charge is -2.19. The minimum Gasteiger partial charge on any atom is -0.384 e. The Kier molecular flexibility index (Phi) is 3.52. The van der Waals surface area contributed by atoms with Crippen LogP contribution in [0.15, 0.2) is 36.4 Å². The van der Waals surface area contributed by atoms with Crippen LogP contribution in [0.25, 0.3) is 0 Å². The fourth-order valence-corrected chi connectivity index (χ4v) is 2.96. The van der Waals surface area contributed by atoms with Crippen LogP contribution in [0.2, 0.25) is 0 Å². The standard InChI is InChI=1S/C18H19NO2/c1-11-7-12(2)9-15(8-11)17(20)14-4-3-13-5-6-19-18(21)16(13)10-14/h3-4,7-10,17,20H,5-6H2,1-2H3,(H,19,21). The van der Waals surface area contributed by atoms with Gasteiger partial charge in [0.1, 0.15) is 6.10 Å². The SMILES string of the molecule is Cc1cc(C)cc(C(O)c2ccc3c(c2)C(=O)NCC3)c1. The Morgan fingerprint density at radius 3 is 2.48 bits per heavy atom. The van der Waals surface area contributed by atoms with Gasteiger partial charge in [-0.05, 0) is 43.0 Å². The zero-order valence-electron chi connectivity index (χ0n) is 12.3. The molecule has 0 radical (unpaired) electrons. The molecule has 0 spiro atoms. The molecule has 1 heterocycles. The van der Waals surface area contributed by atoms with E-state index in [0.717, 1.165) is 34.2 Å². The number of benzene rings is 2. The topological polar surface area (TPSA) is 49.3 Å². The van der Waals surface area contributed by atoms with E-state index < -0.39 is 6.10 Å². The Labute approximate surface area is 124 Å². The highest BCUT2D eigenvalue weighted by Gasteiger charge is 2.19. The summed E-state index contributed by atoms with van der Waals surface area (Å²) in [6, 6.07) is 11.7. The Bertz CT molecular complexity index is 686. The van der Waals surface area contributed by atoms with E-state index in [9.17, 15) is 9.90 Å². The smallest absolute Gasteiger partial charge is 0.251 e. The highest BCUT2D eigenvalue weighted by Crippen LogP contribution is 2.26. The van der Waals surface area contributed by atoms with Crippen molar-refractivity contribution in [2.45, 2.75) is 26.4 Å². The van der Waals surface area contributed by atoms with Crippen molar-refractivity contribution in [1.82, 2.24) is 5.32 Å². The normalized spacial score (nSPS) is 15.3. The van der Waals surface area contributed by atoms with Gasteiger partial charge in [0.05, 0.1) is 0 Å². The Hall–Kier alpha value is -2.13. The predicted octanol–water partition coefficient (Wildman–Crippen LogP) is 2.67. The molecule has 2 aromatic carbocycles. The van der Waals surface area contributed by atoms with E-state index in [-0.39, 0.29) is 5.91 Å². The summed E-state index contributed by atoms with van der Waals surface area (Å²) < 4.78 is 0. The monoisotopic (exact) mass is 281 g/mol. The van der Waals surface area contributed by atoms with Gasteiger partial charge >= 0.3 is 0 Å². The first-order valence-corrected chi connectivity index (χ1v) is 7.22. The molecule has 1 amide bonds. The molecule has 2 aromatic rings. The molecule has 0 saturated carbocycles.